The van der Waals surface area contributed by atoms with Gasteiger partial charge >= 0.3 is 5.97 Å². The summed E-state index contributed by atoms with van der Waals surface area (Å²) in [5.41, 5.74) is 3.98. The first-order valence-electron chi connectivity index (χ1n) is 11.1. The van der Waals surface area contributed by atoms with Crippen LogP contribution in [0, 0.1) is 0 Å². The van der Waals surface area contributed by atoms with Gasteiger partial charge in [0, 0.05) is 17.3 Å². The van der Waals surface area contributed by atoms with Gasteiger partial charge in [0.25, 0.3) is 5.91 Å². The molecule has 2 aromatic rings. The molecule has 0 bridgehead atoms. The van der Waals surface area contributed by atoms with Gasteiger partial charge in [-0.05, 0) is 50.3 Å². The summed E-state index contributed by atoms with van der Waals surface area (Å²) in [5.74, 6) is -0.793. The van der Waals surface area contributed by atoms with Crippen molar-refractivity contribution in [1.29, 1.82) is 0 Å². The fourth-order valence-electron chi connectivity index (χ4n) is 3.14. The van der Waals surface area contributed by atoms with Crippen molar-refractivity contribution in [2.45, 2.75) is 47.1 Å². The molecule has 0 aromatic heterocycles. The van der Waals surface area contributed by atoms with Crippen LogP contribution in [0.2, 0.25) is 0 Å². The van der Waals surface area contributed by atoms with Crippen LogP contribution in [0.25, 0.3) is 0 Å². The molecule has 0 aliphatic rings. The Morgan fingerprint density at radius 2 is 1.52 bits per heavy atom. The maximum Gasteiger partial charge on any atom is 0.326 e. The Balaban J connectivity index is 2.14. The number of hydrogen-bond donors (Lipinski definition) is 1. The van der Waals surface area contributed by atoms with Crippen molar-refractivity contribution in [3.63, 3.8) is 0 Å². The van der Waals surface area contributed by atoms with Gasteiger partial charge in [-0.1, -0.05) is 79.2 Å². The highest BCUT2D eigenvalue weighted by atomic mass is 35.5. The van der Waals surface area contributed by atoms with Crippen molar-refractivity contribution in [2.24, 2.45) is 0 Å². The number of carbonyl (C=O) groups is 2. The van der Waals surface area contributed by atoms with Gasteiger partial charge in [0.15, 0.2) is 0 Å². The molecule has 2 aromatic carbocycles. The number of esters is 1. The van der Waals surface area contributed by atoms with E-state index in [-0.39, 0.29) is 19.1 Å². The topological polar surface area (TPSA) is 58.6 Å². The SMILES string of the molecule is CC/C(C)=C(\NCCc1ccccc1)C(=O)N(CC(=O)OCc1ccccc1)/C(C)=C(\C)Cl. The lowest BCUT2D eigenvalue weighted by atomic mass is 10.1. The van der Waals surface area contributed by atoms with Crippen molar-refractivity contribution in [1.82, 2.24) is 10.2 Å². The molecule has 0 aliphatic carbocycles. The van der Waals surface area contributed by atoms with Crippen LogP contribution in [0.4, 0.5) is 0 Å². The number of hydrogen-bond acceptors (Lipinski definition) is 4. The predicted molar refractivity (Wildman–Crippen MR) is 133 cm³/mol. The first kappa shape index (κ1) is 26.2. The molecule has 0 unspecified atom stereocenters. The average Bonchev–Trinajstić information content (AvgIpc) is 2.84. The number of ether oxygens (including phenoxy) is 1. The number of amides is 1. The summed E-state index contributed by atoms with van der Waals surface area (Å²) in [6.45, 7) is 7.87. The van der Waals surface area contributed by atoms with Gasteiger partial charge in [-0.3, -0.25) is 14.5 Å². The third-order valence-electron chi connectivity index (χ3n) is 5.41. The van der Waals surface area contributed by atoms with Gasteiger partial charge < -0.3 is 10.1 Å². The first-order valence-corrected chi connectivity index (χ1v) is 11.5. The largest absolute Gasteiger partial charge is 0.459 e. The zero-order valence-corrected chi connectivity index (χ0v) is 20.6. The van der Waals surface area contributed by atoms with Crippen molar-refractivity contribution in [3.05, 3.63) is 93.8 Å². The third-order valence-corrected chi connectivity index (χ3v) is 5.68. The van der Waals surface area contributed by atoms with E-state index in [1.54, 1.807) is 13.8 Å². The molecule has 0 spiro atoms. The van der Waals surface area contributed by atoms with Crippen LogP contribution in [-0.2, 0) is 27.4 Å². The summed E-state index contributed by atoms with van der Waals surface area (Å²) in [4.78, 5) is 27.5. The minimum Gasteiger partial charge on any atom is -0.459 e. The van der Waals surface area contributed by atoms with E-state index in [1.807, 2.05) is 62.4 Å². The zero-order valence-electron chi connectivity index (χ0n) is 19.9. The highest BCUT2D eigenvalue weighted by Crippen LogP contribution is 2.18. The van der Waals surface area contributed by atoms with Crippen LogP contribution in [0.15, 0.2) is 82.7 Å². The van der Waals surface area contributed by atoms with Gasteiger partial charge in [-0.25, -0.2) is 0 Å². The summed E-state index contributed by atoms with van der Waals surface area (Å²) >= 11 is 6.22. The summed E-state index contributed by atoms with van der Waals surface area (Å²) in [6, 6.07) is 19.5. The second-order valence-corrected chi connectivity index (χ2v) is 8.39. The van der Waals surface area contributed by atoms with Gasteiger partial charge in [-0.2, -0.15) is 0 Å². The molecule has 1 amide bonds. The molecule has 0 heterocycles. The van der Waals surface area contributed by atoms with Gasteiger partial charge in [0.2, 0.25) is 0 Å². The number of nitrogens with one attached hydrogen (secondary N) is 1. The van der Waals surface area contributed by atoms with Crippen molar-refractivity contribution >= 4 is 23.5 Å². The Bertz CT molecular complexity index is 981. The highest BCUT2D eigenvalue weighted by Gasteiger charge is 2.25. The van der Waals surface area contributed by atoms with Gasteiger partial charge in [-0.15, -0.1) is 0 Å². The lowest BCUT2D eigenvalue weighted by molar-refractivity contribution is -0.148. The first-order chi connectivity index (χ1) is 15.8. The fourth-order valence-corrected chi connectivity index (χ4v) is 3.24. The van der Waals surface area contributed by atoms with E-state index >= 15 is 0 Å². The number of allylic oxidation sites excluding steroid dienone is 3. The molecule has 176 valence electrons. The Hall–Kier alpha value is -3.05. The van der Waals surface area contributed by atoms with E-state index in [9.17, 15) is 9.59 Å². The summed E-state index contributed by atoms with van der Waals surface area (Å²) in [6.07, 6.45) is 1.48. The molecule has 6 heteroatoms. The van der Waals surface area contributed by atoms with E-state index in [0.717, 1.165) is 17.6 Å². The van der Waals surface area contributed by atoms with Crippen LogP contribution in [-0.4, -0.2) is 29.9 Å². The summed E-state index contributed by atoms with van der Waals surface area (Å²) < 4.78 is 5.41. The average molecular weight is 469 g/mol. The smallest absolute Gasteiger partial charge is 0.326 e. The number of nitrogens with zero attached hydrogens (tertiary/aromatic N) is 1. The quantitative estimate of drug-likeness (QED) is 0.346. The van der Waals surface area contributed by atoms with Gasteiger partial charge in [0.05, 0.1) is 5.70 Å². The maximum absolute atomic E-state index is 13.5. The van der Waals surface area contributed by atoms with Crippen LogP contribution in [0.5, 0.6) is 0 Å². The number of halogens is 1. The highest BCUT2D eigenvalue weighted by molar-refractivity contribution is 6.29. The third kappa shape index (κ3) is 8.43. The summed E-state index contributed by atoms with van der Waals surface area (Å²) in [7, 11) is 0. The lowest BCUT2D eigenvalue weighted by Crippen LogP contribution is -2.40. The van der Waals surface area contributed by atoms with E-state index in [1.165, 1.54) is 10.5 Å². The molecule has 0 fully saturated rings. The van der Waals surface area contributed by atoms with E-state index < -0.39 is 5.97 Å². The molecule has 1 N–H and O–H groups in total. The maximum atomic E-state index is 13.5. The molecule has 0 aliphatic heterocycles. The minimum atomic E-state index is -0.498. The van der Waals surface area contributed by atoms with Crippen molar-refractivity contribution in [3.8, 4) is 0 Å². The second-order valence-electron chi connectivity index (χ2n) is 7.83. The van der Waals surface area contributed by atoms with Crippen molar-refractivity contribution < 1.29 is 14.3 Å². The Morgan fingerprint density at radius 1 is 0.939 bits per heavy atom. The van der Waals surface area contributed by atoms with E-state index in [2.05, 4.69) is 17.4 Å². The van der Waals surface area contributed by atoms with E-state index in [4.69, 9.17) is 16.3 Å². The predicted octanol–water partition coefficient (Wildman–Crippen LogP) is 5.56. The normalized spacial score (nSPS) is 12.4. The molecule has 0 radical (unpaired) electrons. The van der Waals surface area contributed by atoms with Gasteiger partial charge in [0.1, 0.15) is 13.2 Å². The van der Waals surface area contributed by atoms with Crippen LogP contribution < -0.4 is 5.32 Å². The molecule has 0 saturated heterocycles. The van der Waals surface area contributed by atoms with E-state index in [0.29, 0.717) is 29.4 Å². The molecular formula is C27H33ClN2O3. The molecular weight excluding hydrogens is 436 g/mol. The fraction of sp³-hybridized carbons (Fsp3) is 0.333. The molecule has 5 nitrogen and oxygen atoms in total. The van der Waals surface area contributed by atoms with Crippen LogP contribution in [0.1, 0.15) is 45.2 Å². The Labute approximate surface area is 202 Å². The number of rotatable bonds is 11. The summed E-state index contributed by atoms with van der Waals surface area (Å²) in [5, 5.41) is 3.74. The zero-order chi connectivity index (χ0) is 24.2. The number of carbonyl (C=O) groups excluding carboxylic acids is 2. The lowest BCUT2D eigenvalue weighted by Gasteiger charge is -2.26. The molecule has 0 atom stereocenters. The number of benzene rings is 2. The minimum absolute atomic E-state index is 0.149. The standard InChI is InChI=1S/C27H33ClN2O3/c1-5-20(2)26(29-17-16-23-12-8-6-9-13-23)27(32)30(22(4)21(3)28)18-25(31)33-19-24-14-10-7-11-15-24/h6-15,29H,5,16-19H2,1-4H3/b22-21+,26-20-. The van der Waals surface area contributed by atoms with Crippen LogP contribution in [0.3, 0.4) is 0 Å². The second kappa shape index (κ2) is 13.5. The van der Waals surface area contributed by atoms with Crippen molar-refractivity contribution in [2.75, 3.05) is 13.1 Å². The Morgan fingerprint density at radius 3 is 2.06 bits per heavy atom. The van der Waals surface area contributed by atoms with Crippen LogP contribution >= 0.6 is 11.6 Å². The molecule has 33 heavy (non-hydrogen) atoms. The Kier molecular flexibility index (Phi) is 10.7. The molecule has 0 saturated carbocycles. The molecule has 2 rings (SSSR count). The monoisotopic (exact) mass is 468 g/mol.